The van der Waals surface area contributed by atoms with Gasteiger partial charge >= 0.3 is 0 Å². The molecule has 0 bridgehead atoms. The van der Waals surface area contributed by atoms with Crippen LogP contribution in [-0.2, 0) is 0 Å². The molecule has 2 aromatic rings. The number of anilines is 2. The third kappa shape index (κ3) is 3.09. The Morgan fingerprint density at radius 1 is 1.11 bits per heavy atom. The lowest BCUT2D eigenvalue weighted by Crippen LogP contribution is -2.28. The van der Waals surface area contributed by atoms with Crippen molar-refractivity contribution in [3.63, 3.8) is 0 Å². The maximum atomic E-state index is 4.36. The highest BCUT2D eigenvalue weighted by Gasteiger charge is 2.15. The maximum absolute atomic E-state index is 4.36. The van der Waals surface area contributed by atoms with Crippen molar-refractivity contribution in [2.24, 2.45) is 0 Å². The Hall–Kier alpha value is -1.94. The molecule has 3 rings (SSSR count). The van der Waals surface area contributed by atoms with Crippen LogP contribution in [0.3, 0.4) is 0 Å². The highest BCUT2D eigenvalue weighted by atomic mass is 15.0. The van der Waals surface area contributed by atoms with Crippen LogP contribution >= 0.6 is 0 Å². The summed E-state index contributed by atoms with van der Waals surface area (Å²) in [5.74, 6) is 2.29. The van der Waals surface area contributed by atoms with Crippen LogP contribution in [0, 0.1) is 0 Å². The molecule has 0 radical (unpaired) electrons. The minimum absolute atomic E-state index is 0.598. The normalized spacial score (nSPS) is 19.1. The standard InChI is InChI=1S/C15H18N4/c1-2-8-17-14(5-1)19-15-10-12(6-9-18-15)13-4-3-7-16-11-13/h1-2,5-6,8-10,13,16H,3-4,7,11H2,(H,17,18,19). The molecule has 4 nitrogen and oxygen atoms in total. The molecule has 1 aliphatic rings. The zero-order valence-electron chi connectivity index (χ0n) is 10.8. The summed E-state index contributed by atoms with van der Waals surface area (Å²) < 4.78 is 0. The fourth-order valence-corrected chi connectivity index (χ4v) is 2.47. The van der Waals surface area contributed by atoms with Crippen LogP contribution in [0.4, 0.5) is 11.6 Å². The van der Waals surface area contributed by atoms with Crippen molar-refractivity contribution < 1.29 is 0 Å². The predicted octanol–water partition coefficient (Wildman–Crippen LogP) is 2.69. The Balaban J connectivity index is 1.76. The van der Waals surface area contributed by atoms with Crippen LogP contribution < -0.4 is 10.6 Å². The summed E-state index contributed by atoms with van der Waals surface area (Å²) in [5.41, 5.74) is 1.35. The van der Waals surface area contributed by atoms with E-state index in [0.29, 0.717) is 5.92 Å². The molecule has 0 amide bonds. The molecule has 0 aliphatic carbocycles. The van der Waals surface area contributed by atoms with Crippen LogP contribution in [0.1, 0.15) is 24.3 Å². The van der Waals surface area contributed by atoms with Crippen molar-refractivity contribution in [2.45, 2.75) is 18.8 Å². The summed E-state index contributed by atoms with van der Waals surface area (Å²) in [4.78, 5) is 8.61. The van der Waals surface area contributed by atoms with Gasteiger partial charge < -0.3 is 10.6 Å². The van der Waals surface area contributed by atoms with E-state index >= 15 is 0 Å². The van der Waals surface area contributed by atoms with Crippen molar-refractivity contribution >= 4 is 11.6 Å². The topological polar surface area (TPSA) is 49.8 Å². The Bertz CT molecular complexity index is 521. The van der Waals surface area contributed by atoms with Gasteiger partial charge in [0.15, 0.2) is 0 Å². The number of rotatable bonds is 3. The molecular weight excluding hydrogens is 236 g/mol. The molecule has 0 spiro atoms. The first-order valence-electron chi connectivity index (χ1n) is 6.76. The molecular formula is C15H18N4. The van der Waals surface area contributed by atoms with Gasteiger partial charge in [0.05, 0.1) is 0 Å². The van der Waals surface area contributed by atoms with Crippen molar-refractivity contribution in [3.8, 4) is 0 Å². The molecule has 3 heterocycles. The lowest BCUT2D eigenvalue weighted by molar-refractivity contribution is 0.461. The van der Waals surface area contributed by atoms with Crippen molar-refractivity contribution in [1.29, 1.82) is 0 Å². The molecule has 1 fully saturated rings. The summed E-state index contributed by atoms with van der Waals surface area (Å²) in [6.45, 7) is 2.20. The SMILES string of the molecule is c1ccc(Nc2cc(C3CCCNC3)ccn2)nc1. The second-order valence-corrected chi connectivity index (χ2v) is 4.86. The van der Waals surface area contributed by atoms with E-state index in [1.54, 1.807) is 6.20 Å². The van der Waals surface area contributed by atoms with Gasteiger partial charge in [0.25, 0.3) is 0 Å². The van der Waals surface area contributed by atoms with Gasteiger partial charge in [-0.05, 0) is 55.1 Å². The lowest BCUT2D eigenvalue weighted by atomic mass is 9.92. The van der Waals surface area contributed by atoms with E-state index in [0.717, 1.165) is 24.7 Å². The third-order valence-electron chi connectivity index (χ3n) is 3.47. The Labute approximate surface area is 113 Å². The molecule has 19 heavy (non-hydrogen) atoms. The van der Waals surface area contributed by atoms with Gasteiger partial charge in [-0.3, -0.25) is 0 Å². The van der Waals surface area contributed by atoms with Gasteiger partial charge in [-0.25, -0.2) is 9.97 Å². The molecule has 0 aromatic carbocycles. The Morgan fingerprint density at radius 2 is 2.05 bits per heavy atom. The second kappa shape index (κ2) is 5.80. The van der Waals surface area contributed by atoms with Crippen molar-refractivity contribution in [3.05, 3.63) is 48.3 Å². The summed E-state index contributed by atoms with van der Waals surface area (Å²) >= 11 is 0. The number of nitrogens with zero attached hydrogens (tertiary/aromatic N) is 2. The van der Waals surface area contributed by atoms with Gasteiger partial charge in [-0.1, -0.05) is 6.07 Å². The number of aromatic nitrogens is 2. The smallest absolute Gasteiger partial charge is 0.131 e. The summed E-state index contributed by atoms with van der Waals surface area (Å²) in [7, 11) is 0. The van der Waals surface area contributed by atoms with E-state index in [9.17, 15) is 0 Å². The fourth-order valence-electron chi connectivity index (χ4n) is 2.47. The van der Waals surface area contributed by atoms with Gasteiger partial charge in [-0.15, -0.1) is 0 Å². The quantitative estimate of drug-likeness (QED) is 0.884. The number of pyridine rings is 2. The van der Waals surface area contributed by atoms with E-state index in [1.165, 1.54) is 18.4 Å². The highest BCUT2D eigenvalue weighted by molar-refractivity contribution is 5.52. The summed E-state index contributed by atoms with van der Waals surface area (Å²) in [6, 6.07) is 10.1. The van der Waals surface area contributed by atoms with Crippen LogP contribution in [0.2, 0.25) is 0 Å². The first-order valence-corrected chi connectivity index (χ1v) is 6.76. The number of nitrogens with one attached hydrogen (secondary N) is 2. The maximum Gasteiger partial charge on any atom is 0.131 e. The zero-order chi connectivity index (χ0) is 12.9. The number of hydrogen-bond donors (Lipinski definition) is 2. The second-order valence-electron chi connectivity index (χ2n) is 4.86. The average molecular weight is 254 g/mol. The van der Waals surface area contributed by atoms with Gasteiger partial charge in [-0.2, -0.15) is 0 Å². The van der Waals surface area contributed by atoms with Crippen molar-refractivity contribution in [2.75, 3.05) is 18.4 Å². The van der Waals surface area contributed by atoms with E-state index in [4.69, 9.17) is 0 Å². The van der Waals surface area contributed by atoms with Gasteiger partial charge in [0.2, 0.25) is 0 Å². The van der Waals surface area contributed by atoms with E-state index in [1.807, 2.05) is 24.4 Å². The van der Waals surface area contributed by atoms with Crippen LogP contribution in [-0.4, -0.2) is 23.1 Å². The van der Waals surface area contributed by atoms with Gasteiger partial charge in [0.1, 0.15) is 11.6 Å². The molecule has 2 N–H and O–H groups in total. The summed E-state index contributed by atoms with van der Waals surface area (Å²) in [6.07, 6.45) is 6.14. The van der Waals surface area contributed by atoms with Crippen LogP contribution in [0.5, 0.6) is 0 Å². The highest BCUT2D eigenvalue weighted by Crippen LogP contribution is 2.25. The van der Waals surface area contributed by atoms with Crippen LogP contribution in [0.25, 0.3) is 0 Å². The molecule has 2 aromatic heterocycles. The van der Waals surface area contributed by atoms with E-state index in [2.05, 4.69) is 32.7 Å². The molecule has 1 unspecified atom stereocenters. The monoisotopic (exact) mass is 254 g/mol. The largest absolute Gasteiger partial charge is 0.325 e. The molecule has 1 atom stereocenters. The lowest BCUT2D eigenvalue weighted by Gasteiger charge is -2.23. The minimum atomic E-state index is 0.598. The number of piperidine rings is 1. The molecule has 1 saturated heterocycles. The fraction of sp³-hybridized carbons (Fsp3) is 0.333. The Morgan fingerprint density at radius 3 is 2.84 bits per heavy atom. The van der Waals surface area contributed by atoms with E-state index < -0.39 is 0 Å². The van der Waals surface area contributed by atoms with Crippen LogP contribution in [0.15, 0.2) is 42.7 Å². The first-order chi connectivity index (χ1) is 9.42. The third-order valence-corrected chi connectivity index (χ3v) is 3.47. The Kier molecular flexibility index (Phi) is 3.70. The first kappa shape index (κ1) is 12.1. The minimum Gasteiger partial charge on any atom is -0.325 e. The predicted molar refractivity (Wildman–Crippen MR) is 76.6 cm³/mol. The molecule has 0 saturated carbocycles. The summed E-state index contributed by atoms with van der Waals surface area (Å²) in [5, 5.41) is 6.69. The van der Waals surface area contributed by atoms with Gasteiger partial charge in [0, 0.05) is 18.9 Å². The number of hydrogen-bond acceptors (Lipinski definition) is 4. The van der Waals surface area contributed by atoms with Crippen molar-refractivity contribution in [1.82, 2.24) is 15.3 Å². The van der Waals surface area contributed by atoms with E-state index in [-0.39, 0.29) is 0 Å². The zero-order valence-corrected chi connectivity index (χ0v) is 10.8. The molecule has 4 heteroatoms. The molecule has 98 valence electrons. The average Bonchev–Trinajstić information content (AvgIpc) is 2.49. The molecule has 1 aliphatic heterocycles.